The van der Waals surface area contributed by atoms with Crippen molar-refractivity contribution in [3.63, 3.8) is 0 Å². The third-order valence-corrected chi connectivity index (χ3v) is 2.91. The molecule has 0 spiro atoms. The van der Waals surface area contributed by atoms with Gasteiger partial charge in [0.1, 0.15) is 0 Å². The van der Waals surface area contributed by atoms with Crippen molar-refractivity contribution in [1.82, 2.24) is 4.90 Å². The largest absolute Gasteiger partial charge is 0.326 e. The Labute approximate surface area is 122 Å². The molecule has 0 radical (unpaired) electrons. The molecule has 112 valence electrons. The third-order valence-electron chi connectivity index (χ3n) is 2.91. The minimum Gasteiger partial charge on any atom is -0.326 e. The van der Waals surface area contributed by atoms with E-state index >= 15 is 0 Å². The number of nitrogens with two attached hydrogens (primary N) is 1. The SMILES string of the molecule is CN(CCC(=O)Nc1cccc(CN)c1)CC(C)(C)C. The van der Waals surface area contributed by atoms with Gasteiger partial charge in [-0.1, -0.05) is 32.9 Å². The van der Waals surface area contributed by atoms with Gasteiger partial charge in [0.25, 0.3) is 0 Å². The summed E-state index contributed by atoms with van der Waals surface area (Å²) in [4.78, 5) is 14.1. The molecule has 0 aromatic heterocycles. The number of amides is 1. The maximum atomic E-state index is 11.9. The molecule has 0 atom stereocenters. The molecule has 1 rings (SSSR count). The van der Waals surface area contributed by atoms with Gasteiger partial charge >= 0.3 is 0 Å². The first kappa shape index (κ1) is 16.7. The van der Waals surface area contributed by atoms with E-state index in [0.29, 0.717) is 13.0 Å². The first-order valence-electron chi connectivity index (χ1n) is 7.07. The maximum Gasteiger partial charge on any atom is 0.225 e. The number of carbonyl (C=O) groups is 1. The Balaban J connectivity index is 2.40. The van der Waals surface area contributed by atoms with Crippen LogP contribution in [0.15, 0.2) is 24.3 Å². The van der Waals surface area contributed by atoms with E-state index in [1.807, 2.05) is 31.3 Å². The lowest BCUT2D eigenvalue weighted by atomic mass is 9.96. The van der Waals surface area contributed by atoms with Gasteiger partial charge in [0.2, 0.25) is 5.91 Å². The van der Waals surface area contributed by atoms with Crippen molar-refractivity contribution in [2.75, 3.05) is 25.5 Å². The highest BCUT2D eigenvalue weighted by atomic mass is 16.1. The summed E-state index contributed by atoms with van der Waals surface area (Å²) in [6, 6.07) is 7.66. The Morgan fingerprint density at radius 2 is 2.05 bits per heavy atom. The van der Waals surface area contributed by atoms with E-state index in [9.17, 15) is 4.79 Å². The molecule has 0 bridgehead atoms. The van der Waals surface area contributed by atoms with Crippen molar-refractivity contribution >= 4 is 11.6 Å². The van der Waals surface area contributed by atoms with Crippen LogP contribution in [0.5, 0.6) is 0 Å². The van der Waals surface area contributed by atoms with Crippen molar-refractivity contribution in [3.8, 4) is 0 Å². The standard InChI is InChI=1S/C16H27N3O/c1-16(2,3)12-19(4)9-8-15(20)18-14-7-5-6-13(10-14)11-17/h5-7,10H,8-9,11-12,17H2,1-4H3,(H,18,20). The molecule has 0 heterocycles. The molecule has 1 amide bonds. The van der Waals surface area contributed by atoms with Crippen LogP contribution in [0.3, 0.4) is 0 Å². The predicted octanol–water partition coefficient (Wildman–Crippen LogP) is 2.45. The van der Waals surface area contributed by atoms with Crippen LogP contribution in [0.25, 0.3) is 0 Å². The van der Waals surface area contributed by atoms with Gasteiger partial charge in [0, 0.05) is 31.7 Å². The zero-order valence-electron chi connectivity index (χ0n) is 13.1. The van der Waals surface area contributed by atoms with Gasteiger partial charge in [-0.05, 0) is 30.2 Å². The molecule has 0 aliphatic carbocycles. The van der Waals surface area contributed by atoms with E-state index < -0.39 is 0 Å². The summed E-state index contributed by atoms with van der Waals surface area (Å²) in [5, 5.41) is 2.91. The van der Waals surface area contributed by atoms with E-state index in [1.165, 1.54) is 0 Å². The summed E-state index contributed by atoms with van der Waals surface area (Å²) >= 11 is 0. The molecule has 1 aromatic rings. The number of hydrogen-bond acceptors (Lipinski definition) is 3. The molecule has 3 N–H and O–H groups in total. The van der Waals surface area contributed by atoms with E-state index in [1.54, 1.807) is 0 Å². The summed E-state index contributed by atoms with van der Waals surface area (Å²) in [6.45, 7) is 8.81. The van der Waals surface area contributed by atoms with Crippen LogP contribution in [0.4, 0.5) is 5.69 Å². The molecule has 0 aliphatic heterocycles. The third kappa shape index (κ3) is 6.68. The molecular weight excluding hydrogens is 250 g/mol. The molecule has 0 fully saturated rings. The smallest absolute Gasteiger partial charge is 0.225 e. The Morgan fingerprint density at radius 1 is 1.35 bits per heavy atom. The highest BCUT2D eigenvalue weighted by Crippen LogP contribution is 2.14. The van der Waals surface area contributed by atoms with Crippen LogP contribution in [-0.4, -0.2) is 30.9 Å². The second-order valence-corrected chi connectivity index (χ2v) is 6.50. The number of benzene rings is 1. The second kappa shape index (κ2) is 7.41. The topological polar surface area (TPSA) is 58.4 Å². The van der Waals surface area contributed by atoms with Crippen molar-refractivity contribution in [1.29, 1.82) is 0 Å². The van der Waals surface area contributed by atoms with Crippen LogP contribution in [0.2, 0.25) is 0 Å². The summed E-state index contributed by atoms with van der Waals surface area (Å²) in [6.07, 6.45) is 0.499. The molecule has 0 saturated carbocycles. The lowest BCUT2D eigenvalue weighted by Gasteiger charge is -2.26. The Morgan fingerprint density at radius 3 is 2.65 bits per heavy atom. The number of nitrogens with zero attached hydrogens (tertiary/aromatic N) is 1. The second-order valence-electron chi connectivity index (χ2n) is 6.50. The van der Waals surface area contributed by atoms with Gasteiger partial charge in [-0.2, -0.15) is 0 Å². The molecule has 0 unspecified atom stereocenters. The average molecular weight is 277 g/mol. The molecule has 1 aromatic carbocycles. The fourth-order valence-electron chi connectivity index (χ4n) is 2.18. The van der Waals surface area contributed by atoms with E-state index in [4.69, 9.17) is 5.73 Å². The summed E-state index contributed by atoms with van der Waals surface area (Å²) < 4.78 is 0. The minimum absolute atomic E-state index is 0.0416. The van der Waals surface area contributed by atoms with Crippen molar-refractivity contribution in [3.05, 3.63) is 29.8 Å². The number of rotatable bonds is 6. The maximum absolute atomic E-state index is 11.9. The monoisotopic (exact) mass is 277 g/mol. The van der Waals surface area contributed by atoms with E-state index in [-0.39, 0.29) is 11.3 Å². The van der Waals surface area contributed by atoms with Gasteiger partial charge in [-0.15, -0.1) is 0 Å². The zero-order valence-corrected chi connectivity index (χ0v) is 13.1. The lowest BCUT2D eigenvalue weighted by Crippen LogP contribution is -2.31. The molecular formula is C16H27N3O. The van der Waals surface area contributed by atoms with Crippen molar-refractivity contribution < 1.29 is 4.79 Å². The number of hydrogen-bond donors (Lipinski definition) is 2. The van der Waals surface area contributed by atoms with Crippen molar-refractivity contribution in [2.24, 2.45) is 11.1 Å². The van der Waals surface area contributed by atoms with Gasteiger partial charge in [0.15, 0.2) is 0 Å². The first-order valence-corrected chi connectivity index (χ1v) is 7.07. The zero-order chi connectivity index (χ0) is 15.2. The van der Waals surface area contributed by atoms with Gasteiger partial charge < -0.3 is 16.0 Å². The van der Waals surface area contributed by atoms with Crippen molar-refractivity contribution in [2.45, 2.75) is 33.7 Å². The molecule has 20 heavy (non-hydrogen) atoms. The van der Waals surface area contributed by atoms with E-state index in [2.05, 4.69) is 31.0 Å². The van der Waals surface area contributed by atoms with Crippen LogP contribution in [0, 0.1) is 5.41 Å². The number of carbonyl (C=O) groups excluding carboxylic acids is 1. The predicted molar refractivity (Wildman–Crippen MR) is 84.5 cm³/mol. The summed E-state index contributed by atoms with van der Waals surface area (Å²) in [7, 11) is 2.05. The van der Waals surface area contributed by atoms with Gasteiger partial charge in [-0.3, -0.25) is 4.79 Å². The summed E-state index contributed by atoms with van der Waals surface area (Å²) in [5.41, 5.74) is 7.68. The highest BCUT2D eigenvalue weighted by Gasteiger charge is 2.14. The van der Waals surface area contributed by atoms with Gasteiger partial charge in [0.05, 0.1) is 0 Å². The Bertz CT molecular complexity index is 438. The Hall–Kier alpha value is -1.39. The normalized spacial score (nSPS) is 11.7. The fraction of sp³-hybridized carbons (Fsp3) is 0.562. The van der Waals surface area contributed by atoms with Crippen LogP contribution in [-0.2, 0) is 11.3 Å². The number of nitrogens with one attached hydrogen (secondary N) is 1. The van der Waals surface area contributed by atoms with Crippen LogP contribution >= 0.6 is 0 Å². The fourth-order valence-corrected chi connectivity index (χ4v) is 2.18. The molecule has 0 saturated heterocycles. The number of anilines is 1. The lowest BCUT2D eigenvalue weighted by molar-refractivity contribution is -0.116. The molecule has 0 aliphatic rings. The van der Waals surface area contributed by atoms with Crippen LogP contribution < -0.4 is 11.1 Å². The summed E-state index contributed by atoms with van der Waals surface area (Å²) in [5.74, 6) is 0.0416. The molecule has 4 heteroatoms. The Kier molecular flexibility index (Phi) is 6.17. The van der Waals surface area contributed by atoms with Crippen LogP contribution in [0.1, 0.15) is 32.8 Å². The quantitative estimate of drug-likeness (QED) is 0.839. The average Bonchev–Trinajstić information content (AvgIpc) is 2.34. The van der Waals surface area contributed by atoms with E-state index in [0.717, 1.165) is 24.3 Å². The first-order chi connectivity index (χ1) is 9.30. The highest BCUT2D eigenvalue weighted by molar-refractivity contribution is 5.90. The molecule has 4 nitrogen and oxygen atoms in total. The minimum atomic E-state index is 0.0416. The van der Waals surface area contributed by atoms with Gasteiger partial charge in [-0.25, -0.2) is 0 Å².